The van der Waals surface area contributed by atoms with Crippen molar-refractivity contribution in [2.75, 3.05) is 13.2 Å². The van der Waals surface area contributed by atoms with E-state index in [1.807, 2.05) is 130 Å². The van der Waals surface area contributed by atoms with Gasteiger partial charge in [-0.1, -0.05) is 196 Å². The number of thiazole rings is 2. The summed E-state index contributed by atoms with van der Waals surface area (Å²) in [6, 6.07) is 50.5. The van der Waals surface area contributed by atoms with Crippen LogP contribution in [0.4, 0.5) is 0 Å². The number of hydrogen-bond donors (Lipinski definition) is 0. The minimum absolute atomic E-state index is 0.126. The standard InChI is InChI=1S/C84H98B2N6O6S2/c1-53(46-81(5,6)7)40-42-59(55(3)48-83(11,12)13)51-93-61-30-26-28-57(44-61)75-72-73(78(92(75)86-97-68-36-22-23-37-69(68)98-86)74(88-17)80-90-65-33-19-25-39-71(65)100-80)76(58-29-27-31-62(45-58)94-52-60(56(4)49-84(14,15)16)43-41-54(2)47-82(8,9)10)91(85-95-66-34-20-21-35-67(66)96-85)77(72)63(50-87)79-89-64-32-18-24-38-70(64)99-79/h18-39,44-45,53-56,59-60H,40-43,46-49,51-52H2,1-16H3/b77-63-,78-74+. The van der Waals surface area contributed by atoms with Crippen molar-refractivity contribution in [1.82, 2.24) is 18.9 Å². The van der Waals surface area contributed by atoms with Crippen LogP contribution in [0.2, 0.25) is 0 Å². The minimum atomic E-state index is -1.20. The van der Waals surface area contributed by atoms with E-state index in [2.05, 4.69) is 146 Å². The van der Waals surface area contributed by atoms with Crippen LogP contribution in [0.15, 0.2) is 146 Å². The summed E-state index contributed by atoms with van der Waals surface area (Å²) < 4.78 is 48.7. The number of rotatable bonds is 24. The molecule has 16 heteroatoms. The Labute approximate surface area is 601 Å². The van der Waals surface area contributed by atoms with Crippen molar-refractivity contribution >= 4 is 79.7 Å². The quantitative estimate of drug-likeness (QED) is 0.0430. The van der Waals surface area contributed by atoms with Crippen LogP contribution in [0.3, 0.4) is 0 Å². The predicted molar refractivity (Wildman–Crippen MR) is 414 cm³/mol. The molecule has 0 saturated carbocycles. The number of hydrogen-bond acceptors (Lipinski definition) is 11. The number of nitrogens with zero attached hydrogens (tertiary/aromatic N) is 6. The van der Waals surface area contributed by atoms with Crippen LogP contribution in [-0.2, 0) is 0 Å². The summed E-state index contributed by atoms with van der Waals surface area (Å²) >= 11 is 2.89. The maximum Gasteiger partial charge on any atom is 0.743 e. The highest BCUT2D eigenvalue weighted by Crippen LogP contribution is 2.45. The van der Waals surface area contributed by atoms with Gasteiger partial charge >= 0.3 is 14.5 Å². The van der Waals surface area contributed by atoms with Gasteiger partial charge < -0.3 is 37.0 Å². The largest absolute Gasteiger partial charge is 0.743 e. The Balaban J connectivity index is 1.17. The molecule has 10 aromatic rings. The number of ether oxygens (including phenoxy) is 2. The Morgan fingerprint density at radius 1 is 0.500 bits per heavy atom. The summed E-state index contributed by atoms with van der Waals surface area (Å²) in [6.45, 7) is 48.2. The van der Waals surface area contributed by atoms with Crippen molar-refractivity contribution in [1.29, 1.82) is 5.26 Å². The highest BCUT2D eigenvalue weighted by molar-refractivity contribution is 7.20. The second-order valence-corrected chi connectivity index (χ2v) is 35.4. The van der Waals surface area contributed by atoms with Gasteiger partial charge in [-0.05, 0) is 168 Å². The first-order valence-electron chi connectivity index (χ1n) is 36.0. The SMILES string of the molecule is [C-]#[N+]/C(c1nc2ccccc2s1)=c1\c2c(-c3cccc(OCC(CCC(C)CC(C)(C)C)C(C)CC(C)(C)C)c3)n(B3Oc4ccccc4O3)/c(=C(/C#N)c3nc4ccccc4s3)c2c(-c2cccc(OCC(CCC(C)CC(C)(C)C)C(C)CC(C)(C)C)c2)n1B1Oc2ccccc2O1. The number of nitriles is 1. The van der Waals surface area contributed by atoms with E-state index in [1.165, 1.54) is 22.7 Å². The van der Waals surface area contributed by atoms with Gasteiger partial charge in [0, 0.05) is 21.9 Å². The van der Waals surface area contributed by atoms with Gasteiger partial charge in [0.2, 0.25) is 5.70 Å². The molecule has 2 aliphatic rings. The molecule has 12 nitrogen and oxygen atoms in total. The zero-order chi connectivity index (χ0) is 71.0. The van der Waals surface area contributed by atoms with Gasteiger partial charge in [0.1, 0.15) is 56.2 Å². The number of para-hydroxylation sites is 6. The summed E-state index contributed by atoms with van der Waals surface area (Å²) in [6.07, 6.45) is 8.67. The smallest absolute Gasteiger partial charge is 0.503 e. The summed E-state index contributed by atoms with van der Waals surface area (Å²) in [5, 5.41) is 15.4. The van der Waals surface area contributed by atoms with Crippen molar-refractivity contribution in [2.45, 2.75) is 162 Å². The third-order valence-corrected chi connectivity index (χ3v) is 21.6. The lowest BCUT2D eigenvalue weighted by atomic mass is 9.76. The Bertz CT molecular complexity index is 4400. The lowest BCUT2D eigenvalue weighted by molar-refractivity contribution is 0.147. The van der Waals surface area contributed by atoms with Gasteiger partial charge in [-0.3, -0.25) is 0 Å². The first kappa shape index (κ1) is 71.4. The zero-order valence-electron chi connectivity index (χ0n) is 61.5. The van der Waals surface area contributed by atoms with Gasteiger partial charge in [-0.25, -0.2) is 14.8 Å². The number of aromatic nitrogens is 4. The van der Waals surface area contributed by atoms with E-state index in [-0.39, 0.29) is 44.8 Å². The predicted octanol–water partition coefficient (Wildman–Crippen LogP) is 21.2. The highest BCUT2D eigenvalue weighted by Gasteiger charge is 2.46. The summed E-state index contributed by atoms with van der Waals surface area (Å²) in [5.74, 6) is 5.92. The molecule has 12 rings (SSSR count). The second kappa shape index (κ2) is 29.3. The third kappa shape index (κ3) is 16.3. The fourth-order valence-electron chi connectivity index (χ4n) is 15.7. The topological polar surface area (TPSA) is 119 Å². The van der Waals surface area contributed by atoms with Crippen molar-refractivity contribution < 1.29 is 28.1 Å². The molecule has 0 amide bonds. The van der Waals surface area contributed by atoms with E-state index in [0.29, 0.717) is 114 Å². The first-order chi connectivity index (χ1) is 47.6. The van der Waals surface area contributed by atoms with E-state index >= 15 is 0 Å². The average Bonchev–Trinajstić information content (AvgIpc) is 1.52. The van der Waals surface area contributed by atoms with Gasteiger partial charge in [-0.2, -0.15) is 5.26 Å². The van der Waals surface area contributed by atoms with Gasteiger partial charge in [0.05, 0.1) is 62.3 Å². The summed E-state index contributed by atoms with van der Waals surface area (Å²) in [7, 11) is -2.39. The monoisotopic (exact) mass is 1370 g/mol. The maximum atomic E-state index is 12.4. The normalized spacial score (nSPS) is 15.7. The molecular weight excluding hydrogens is 1270 g/mol. The molecule has 2 aliphatic heterocycles. The fraction of sp³-hybridized carbons (Fsp3) is 0.429. The molecule has 100 heavy (non-hydrogen) atoms. The molecule has 6 aromatic carbocycles. The number of fused-ring (bicyclic) bond motifs is 5. The zero-order valence-corrected chi connectivity index (χ0v) is 63.1. The van der Waals surface area contributed by atoms with Crippen molar-refractivity contribution in [3.8, 4) is 63.1 Å². The fourth-order valence-corrected chi connectivity index (χ4v) is 17.6. The van der Waals surface area contributed by atoms with Gasteiger partial charge in [0.25, 0.3) is 0 Å². The highest BCUT2D eigenvalue weighted by atomic mass is 32.1. The Hall–Kier alpha value is -8.43. The van der Waals surface area contributed by atoms with Gasteiger partial charge in [0.15, 0.2) is 0 Å². The van der Waals surface area contributed by atoms with E-state index < -0.39 is 14.5 Å². The van der Waals surface area contributed by atoms with E-state index in [4.69, 9.17) is 38.1 Å². The van der Waals surface area contributed by atoms with E-state index in [1.54, 1.807) is 0 Å². The molecule has 0 aliphatic carbocycles. The molecule has 518 valence electrons. The molecule has 4 aromatic heterocycles. The van der Waals surface area contributed by atoms with Crippen LogP contribution in [0.5, 0.6) is 34.5 Å². The van der Waals surface area contributed by atoms with Crippen LogP contribution in [0.1, 0.15) is 172 Å². The van der Waals surface area contributed by atoms with Crippen molar-refractivity contribution in [2.24, 2.45) is 57.2 Å². The van der Waals surface area contributed by atoms with E-state index in [0.717, 1.165) is 82.9 Å². The van der Waals surface area contributed by atoms with Crippen molar-refractivity contribution in [3.63, 3.8) is 0 Å². The third-order valence-electron chi connectivity index (χ3n) is 19.5. The van der Waals surface area contributed by atoms with Crippen LogP contribution in [0, 0.1) is 75.1 Å². The van der Waals surface area contributed by atoms with Crippen LogP contribution >= 0.6 is 22.7 Å². The van der Waals surface area contributed by atoms with Gasteiger partial charge in [-0.15, -0.1) is 22.7 Å². The summed E-state index contributed by atoms with van der Waals surface area (Å²) in [4.78, 5) is 15.2. The maximum absolute atomic E-state index is 12.4. The summed E-state index contributed by atoms with van der Waals surface area (Å²) in [5.41, 5.74) is 5.34. The second-order valence-electron chi connectivity index (χ2n) is 33.4. The lowest BCUT2D eigenvalue weighted by Crippen LogP contribution is -2.44. The molecule has 0 spiro atoms. The Kier molecular flexibility index (Phi) is 20.9. The minimum Gasteiger partial charge on any atom is -0.503 e. The van der Waals surface area contributed by atoms with Crippen LogP contribution in [-0.4, -0.2) is 46.6 Å². The first-order valence-corrected chi connectivity index (χ1v) is 37.6. The molecule has 0 saturated heterocycles. The molecule has 0 radical (unpaired) electrons. The molecule has 6 unspecified atom stereocenters. The lowest BCUT2D eigenvalue weighted by Gasteiger charge is -2.31. The van der Waals surface area contributed by atoms with Crippen molar-refractivity contribution in [3.05, 3.63) is 178 Å². The van der Waals surface area contributed by atoms with E-state index in [9.17, 15) is 11.8 Å². The molecule has 6 heterocycles. The average molecular weight is 1370 g/mol. The van der Waals surface area contributed by atoms with Crippen LogP contribution in [0.25, 0.3) is 69.8 Å². The number of benzene rings is 6. The molecule has 0 bridgehead atoms. The Morgan fingerprint density at radius 3 is 1.28 bits per heavy atom. The molecule has 0 fully saturated rings. The van der Waals surface area contributed by atoms with Crippen LogP contribution < -0.4 is 38.8 Å². The molecule has 0 N–H and O–H groups in total. The molecular formula is C84H98B2N6O6S2. The molecule has 6 atom stereocenters. The Morgan fingerprint density at radius 2 is 0.880 bits per heavy atom.